The summed E-state index contributed by atoms with van der Waals surface area (Å²) in [5, 5.41) is 6.53. The molecule has 2 unspecified atom stereocenters. The second-order valence-corrected chi connectivity index (χ2v) is 12.1. The van der Waals surface area contributed by atoms with E-state index in [1.165, 1.54) is 10.4 Å². The van der Waals surface area contributed by atoms with Gasteiger partial charge in [-0.3, -0.25) is 9.59 Å². The van der Waals surface area contributed by atoms with E-state index in [-0.39, 0.29) is 35.2 Å². The molecule has 1 saturated heterocycles. The molecule has 1 fully saturated rings. The highest BCUT2D eigenvalue weighted by atomic mass is 35.5. The van der Waals surface area contributed by atoms with Crippen molar-refractivity contribution < 1.29 is 18.0 Å². The number of nitrogens with zero attached hydrogens (tertiary/aromatic N) is 1. The first-order valence-electron chi connectivity index (χ1n) is 12.3. The third kappa shape index (κ3) is 6.94. The molecule has 0 radical (unpaired) electrons. The number of hydrogen-bond donors (Lipinski definition) is 2. The Bertz CT molecular complexity index is 1420. The molecule has 0 bridgehead atoms. The second-order valence-electron chi connectivity index (χ2n) is 9.33. The zero-order valence-corrected chi connectivity index (χ0v) is 23.2. The lowest BCUT2D eigenvalue weighted by atomic mass is 9.98. The average Bonchev–Trinajstić information content (AvgIpc) is 2.91. The molecule has 0 aromatic heterocycles. The first-order valence-corrected chi connectivity index (χ1v) is 14.7. The van der Waals surface area contributed by atoms with Crippen LogP contribution in [0.25, 0.3) is 0 Å². The number of piperidine rings is 1. The van der Waals surface area contributed by atoms with Crippen molar-refractivity contribution >= 4 is 50.7 Å². The third-order valence-corrected chi connectivity index (χ3v) is 8.96. The quantitative estimate of drug-likeness (QED) is 0.363. The van der Waals surface area contributed by atoms with Crippen LogP contribution in [0.5, 0.6) is 0 Å². The van der Waals surface area contributed by atoms with Crippen molar-refractivity contribution in [3.8, 4) is 0 Å². The van der Waals surface area contributed by atoms with Crippen molar-refractivity contribution in [2.45, 2.75) is 31.6 Å². The Balaban J connectivity index is 1.43. The van der Waals surface area contributed by atoms with Gasteiger partial charge in [0.05, 0.1) is 29.0 Å². The molecular weight excluding hydrogens is 545 g/mol. The summed E-state index contributed by atoms with van der Waals surface area (Å²) in [5.74, 6) is -1.48. The van der Waals surface area contributed by atoms with Gasteiger partial charge >= 0.3 is 0 Å². The smallest absolute Gasteiger partial charge is 0.253 e. The van der Waals surface area contributed by atoms with Gasteiger partial charge in [0.2, 0.25) is 15.9 Å². The topological polar surface area (TPSA) is 95.6 Å². The summed E-state index contributed by atoms with van der Waals surface area (Å²) in [6.07, 6.45) is 1.08. The summed E-state index contributed by atoms with van der Waals surface area (Å²) in [6.45, 7) is 2.27. The van der Waals surface area contributed by atoms with Gasteiger partial charge in [-0.05, 0) is 55.2 Å². The van der Waals surface area contributed by atoms with Crippen LogP contribution in [0.15, 0.2) is 72.8 Å². The van der Waals surface area contributed by atoms with Gasteiger partial charge in [0.15, 0.2) is 0 Å². The largest absolute Gasteiger partial charge is 0.345 e. The maximum Gasteiger partial charge on any atom is 0.253 e. The molecule has 2 atom stereocenters. The van der Waals surface area contributed by atoms with Crippen molar-refractivity contribution in [1.29, 1.82) is 0 Å². The van der Waals surface area contributed by atoms with Crippen LogP contribution < -0.4 is 10.6 Å². The maximum absolute atomic E-state index is 13.2. The number of benzene rings is 3. The van der Waals surface area contributed by atoms with Crippen LogP contribution >= 0.6 is 23.2 Å². The van der Waals surface area contributed by atoms with Gasteiger partial charge in [-0.15, -0.1) is 0 Å². The number of hydrogen-bond acceptors (Lipinski definition) is 4. The number of anilines is 1. The van der Waals surface area contributed by atoms with E-state index < -0.39 is 15.9 Å². The van der Waals surface area contributed by atoms with Crippen LogP contribution in [0, 0.1) is 5.92 Å². The SMILES string of the molecule is CC(NC(=O)c1ccccc1NC(=O)C1CCCN(S(=O)(=O)Cc2ccc(Cl)cc2Cl)C1)c1ccccc1. The Morgan fingerprint density at radius 2 is 1.74 bits per heavy atom. The lowest BCUT2D eigenvalue weighted by Gasteiger charge is -2.31. The standard InChI is InChI=1S/C28H29Cl2N3O4S/c1-19(20-8-3-2-4-9-20)31-28(35)24-11-5-6-12-26(24)32-27(34)21-10-7-15-33(17-21)38(36,37)18-22-13-14-23(29)16-25(22)30/h2-6,8-9,11-14,16,19,21H,7,10,15,17-18H2,1H3,(H,31,35)(H,32,34). The normalized spacial score (nSPS) is 17.0. The summed E-state index contributed by atoms with van der Waals surface area (Å²) in [7, 11) is -3.71. The molecule has 7 nitrogen and oxygen atoms in total. The molecule has 2 amide bonds. The number of para-hydroxylation sites is 1. The molecular formula is C28H29Cl2N3O4S. The molecule has 1 aliphatic heterocycles. The van der Waals surface area contributed by atoms with E-state index in [0.717, 1.165) is 5.56 Å². The summed E-state index contributed by atoms with van der Waals surface area (Å²) < 4.78 is 27.6. The number of carbonyl (C=O) groups excluding carboxylic acids is 2. The molecule has 3 aromatic carbocycles. The van der Waals surface area contributed by atoms with Gasteiger partial charge in [0.25, 0.3) is 5.91 Å². The van der Waals surface area contributed by atoms with Gasteiger partial charge in [-0.1, -0.05) is 71.7 Å². The molecule has 2 N–H and O–H groups in total. The van der Waals surface area contributed by atoms with Crippen molar-refractivity contribution in [3.05, 3.63) is 99.5 Å². The molecule has 38 heavy (non-hydrogen) atoms. The van der Waals surface area contributed by atoms with Crippen LogP contribution in [0.3, 0.4) is 0 Å². The molecule has 3 aromatic rings. The summed E-state index contributed by atoms with van der Waals surface area (Å²) in [4.78, 5) is 26.3. The van der Waals surface area contributed by atoms with E-state index in [2.05, 4.69) is 10.6 Å². The third-order valence-electron chi connectivity index (χ3n) is 6.58. The minimum atomic E-state index is -3.71. The molecule has 0 saturated carbocycles. The first-order chi connectivity index (χ1) is 18.1. The predicted molar refractivity (Wildman–Crippen MR) is 151 cm³/mol. The van der Waals surface area contributed by atoms with Crippen LogP contribution in [0.4, 0.5) is 5.69 Å². The van der Waals surface area contributed by atoms with Crippen LogP contribution in [0.1, 0.15) is 47.3 Å². The molecule has 200 valence electrons. The van der Waals surface area contributed by atoms with Crippen LogP contribution in [0.2, 0.25) is 10.0 Å². The van der Waals surface area contributed by atoms with Crippen molar-refractivity contribution in [2.24, 2.45) is 5.92 Å². The zero-order valence-electron chi connectivity index (χ0n) is 20.9. The second kappa shape index (κ2) is 12.3. The molecule has 0 aliphatic carbocycles. The lowest BCUT2D eigenvalue weighted by molar-refractivity contribution is -0.120. The van der Waals surface area contributed by atoms with E-state index in [0.29, 0.717) is 41.2 Å². The van der Waals surface area contributed by atoms with Gasteiger partial charge in [0, 0.05) is 23.1 Å². The number of carbonyl (C=O) groups is 2. The van der Waals surface area contributed by atoms with Crippen molar-refractivity contribution in [2.75, 3.05) is 18.4 Å². The lowest BCUT2D eigenvalue weighted by Crippen LogP contribution is -2.44. The Kier molecular flexibility index (Phi) is 9.10. The molecule has 4 rings (SSSR count). The number of rotatable bonds is 8. The van der Waals surface area contributed by atoms with Crippen molar-refractivity contribution in [3.63, 3.8) is 0 Å². The summed E-state index contributed by atoms with van der Waals surface area (Å²) >= 11 is 12.1. The highest BCUT2D eigenvalue weighted by Crippen LogP contribution is 2.27. The van der Waals surface area contributed by atoms with E-state index >= 15 is 0 Å². The number of amides is 2. The van der Waals surface area contributed by atoms with Gasteiger partial charge < -0.3 is 10.6 Å². The Morgan fingerprint density at radius 1 is 1.03 bits per heavy atom. The van der Waals surface area contributed by atoms with E-state index in [1.807, 2.05) is 37.3 Å². The minimum absolute atomic E-state index is 0.0543. The number of sulfonamides is 1. The minimum Gasteiger partial charge on any atom is -0.345 e. The highest BCUT2D eigenvalue weighted by molar-refractivity contribution is 7.88. The zero-order chi connectivity index (χ0) is 27.3. The van der Waals surface area contributed by atoms with Gasteiger partial charge in [0.1, 0.15) is 0 Å². The predicted octanol–water partition coefficient (Wildman–Crippen LogP) is 5.66. The first kappa shape index (κ1) is 28.1. The molecule has 10 heteroatoms. The van der Waals surface area contributed by atoms with E-state index in [9.17, 15) is 18.0 Å². The number of halogens is 2. The average molecular weight is 575 g/mol. The highest BCUT2D eigenvalue weighted by Gasteiger charge is 2.33. The molecule has 1 heterocycles. The molecule has 0 spiro atoms. The number of nitrogens with one attached hydrogen (secondary N) is 2. The monoisotopic (exact) mass is 573 g/mol. The van der Waals surface area contributed by atoms with E-state index in [1.54, 1.807) is 36.4 Å². The fourth-order valence-electron chi connectivity index (χ4n) is 4.46. The van der Waals surface area contributed by atoms with Gasteiger partial charge in [-0.25, -0.2) is 12.7 Å². The van der Waals surface area contributed by atoms with Crippen LogP contribution in [-0.2, 0) is 20.6 Å². The van der Waals surface area contributed by atoms with Gasteiger partial charge in [-0.2, -0.15) is 0 Å². The Hall–Kier alpha value is -2.91. The molecule has 1 aliphatic rings. The summed E-state index contributed by atoms with van der Waals surface area (Å²) in [5.41, 5.74) is 2.13. The fraction of sp³-hybridized carbons (Fsp3) is 0.286. The Morgan fingerprint density at radius 3 is 2.47 bits per heavy atom. The fourth-order valence-corrected chi connectivity index (χ4v) is 6.66. The van der Waals surface area contributed by atoms with E-state index in [4.69, 9.17) is 23.2 Å². The van der Waals surface area contributed by atoms with Crippen molar-refractivity contribution in [1.82, 2.24) is 9.62 Å². The maximum atomic E-state index is 13.2. The van der Waals surface area contributed by atoms with Crippen LogP contribution in [-0.4, -0.2) is 37.6 Å². The Labute approximate surface area is 233 Å². The summed E-state index contributed by atoms with van der Waals surface area (Å²) in [6, 6.07) is 20.8.